The molecule has 0 atom stereocenters. The summed E-state index contributed by atoms with van der Waals surface area (Å²) in [5.74, 6) is -0.482. The molecule has 2 heterocycles. The lowest BCUT2D eigenvalue weighted by Gasteiger charge is -2.08. The van der Waals surface area contributed by atoms with Crippen molar-refractivity contribution in [1.29, 1.82) is 0 Å². The molecule has 0 spiro atoms. The first-order chi connectivity index (χ1) is 12.8. The average Bonchev–Trinajstić information content (AvgIpc) is 2.90. The van der Waals surface area contributed by atoms with E-state index >= 15 is 0 Å². The summed E-state index contributed by atoms with van der Waals surface area (Å²) in [7, 11) is 0. The summed E-state index contributed by atoms with van der Waals surface area (Å²) in [4.78, 5) is 33.9. The number of aromatic amines is 1. The van der Waals surface area contributed by atoms with Gasteiger partial charge in [-0.3, -0.25) is 4.79 Å². The number of H-pyrrole nitrogens is 1. The molecular weight excluding hydrogens is 407 g/mol. The smallest absolute Gasteiger partial charge is 0.341 e. The molecule has 8 heteroatoms. The fourth-order valence-corrected chi connectivity index (χ4v) is 3.99. The number of hydrogen-bond donors (Lipinski definition) is 1. The number of nitrogens with one attached hydrogen (secondary N) is 1. The third-order valence-electron chi connectivity index (χ3n) is 4.07. The normalized spacial score (nSPS) is 11.8. The van der Waals surface area contributed by atoms with Crippen molar-refractivity contribution in [1.82, 2.24) is 9.97 Å². The Morgan fingerprint density at radius 1 is 1.33 bits per heavy atom. The fraction of sp³-hybridized carbons (Fsp3) is 0.211. The predicted molar refractivity (Wildman–Crippen MR) is 111 cm³/mol. The Labute approximate surface area is 169 Å². The van der Waals surface area contributed by atoms with Gasteiger partial charge in [0.1, 0.15) is 16.2 Å². The maximum absolute atomic E-state index is 12.6. The van der Waals surface area contributed by atoms with Crippen molar-refractivity contribution < 1.29 is 9.53 Å². The average molecular weight is 423 g/mol. The van der Waals surface area contributed by atoms with Crippen molar-refractivity contribution in [3.63, 3.8) is 0 Å². The zero-order chi connectivity index (χ0) is 19.7. The lowest BCUT2D eigenvalue weighted by molar-refractivity contribution is -0.136. The topological polar surface area (TPSA) is 72.0 Å². The first kappa shape index (κ1) is 19.6. The molecule has 0 saturated heterocycles. The van der Waals surface area contributed by atoms with Gasteiger partial charge in [0.25, 0.3) is 5.56 Å². The molecule has 5 nitrogen and oxygen atoms in total. The molecule has 0 aliphatic rings. The number of esters is 1. The predicted octanol–water partition coefficient (Wildman–Crippen LogP) is 5.01. The van der Waals surface area contributed by atoms with Gasteiger partial charge in [-0.2, -0.15) is 0 Å². The summed E-state index contributed by atoms with van der Waals surface area (Å²) in [5.41, 5.74) is 1.20. The summed E-state index contributed by atoms with van der Waals surface area (Å²) >= 11 is 13.7. The van der Waals surface area contributed by atoms with Crippen molar-refractivity contribution in [2.45, 2.75) is 20.8 Å². The monoisotopic (exact) mass is 422 g/mol. The molecule has 2 aromatic heterocycles. The Balaban J connectivity index is 2.24. The van der Waals surface area contributed by atoms with Crippen molar-refractivity contribution in [3.05, 3.63) is 60.4 Å². The van der Waals surface area contributed by atoms with Crippen LogP contribution in [0.3, 0.4) is 0 Å². The van der Waals surface area contributed by atoms with E-state index in [0.29, 0.717) is 25.8 Å². The minimum absolute atomic E-state index is 0.101. The maximum atomic E-state index is 12.6. The van der Waals surface area contributed by atoms with Gasteiger partial charge >= 0.3 is 5.97 Å². The van der Waals surface area contributed by atoms with Crippen LogP contribution in [-0.4, -0.2) is 22.5 Å². The highest BCUT2D eigenvalue weighted by Crippen LogP contribution is 2.30. The number of rotatable bonds is 4. The summed E-state index contributed by atoms with van der Waals surface area (Å²) in [6.45, 7) is 5.68. The first-order valence-electron chi connectivity index (χ1n) is 8.16. The molecule has 1 aromatic carbocycles. The zero-order valence-electron chi connectivity index (χ0n) is 14.9. The van der Waals surface area contributed by atoms with E-state index < -0.39 is 5.97 Å². The lowest BCUT2D eigenvalue weighted by Crippen LogP contribution is -2.15. The Hall–Kier alpha value is -2.15. The number of benzene rings is 1. The lowest BCUT2D eigenvalue weighted by atomic mass is 10.1. The van der Waals surface area contributed by atoms with Crippen LogP contribution in [0.2, 0.25) is 10.0 Å². The van der Waals surface area contributed by atoms with E-state index in [-0.39, 0.29) is 23.6 Å². The van der Waals surface area contributed by atoms with E-state index in [0.717, 1.165) is 10.4 Å². The van der Waals surface area contributed by atoms with E-state index in [1.165, 1.54) is 17.4 Å². The summed E-state index contributed by atoms with van der Waals surface area (Å²) in [6.07, 6.45) is 1.52. The number of aromatic nitrogens is 2. The highest BCUT2D eigenvalue weighted by atomic mass is 35.5. The number of aryl methyl sites for hydroxylation is 2. The summed E-state index contributed by atoms with van der Waals surface area (Å²) in [6, 6.07) is 5.08. The largest absolute Gasteiger partial charge is 0.462 e. The highest BCUT2D eigenvalue weighted by Gasteiger charge is 2.20. The van der Waals surface area contributed by atoms with E-state index in [2.05, 4.69) is 9.97 Å². The molecular formula is C19H16Cl2N2O3S. The Bertz CT molecular complexity index is 1130. The number of thiophene rings is 1. The third kappa shape index (κ3) is 3.78. The molecule has 0 unspecified atom stereocenters. The first-order valence-corrected chi connectivity index (χ1v) is 9.74. The van der Waals surface area contributed by atoms with E-state index in [4.69, 9.17) is 27.9 Å². The minimum atomic E-state index is -0.610. The molecule has 0 amide bonds. The standard InChI is InChI=1S/C19H16Cl2N2O3S/c1-4-26-19(25)12(8-11-6-5-7-13(20)15(11)21)16-22-17(24)14-9(2)10(3)27-18(14)23-16/h5-8H,4H2,1-3H3,(H,22,23,24)/b12-8-. The molecule has 1 N–H and O–H groups in total. The quantitative estimate of drug-likeness (QED) is 0.473. The number of ether oxygens (including phenoxy) is 1. The molecule has 3 aromatic rings. The van der Waals surface area contributed by atoms with Gasteiger partial charge in [0, 0.05) is 4.88 Å². The molecule has 0 radical (unpaired) electrons. The van der Waals surface area contributed by atoms with Gasteiger partial charge in [-0.15, -0.1) is 11.3 Å². The van der Waals surface area contributed by atoms with E-state index in [1.54, 1.807) is 25.1 Å². The molecule has 3 rings (SSSR count). The number of halogens is 2. The van der Waals surface area contributed by atoms with Crippen LogP contribution in [0.4, 0.5) is 0 Å². The van der Waals surface area contributed by atoms with Crippen LogP contribution in [-0.2, 0) is 9.53 Å². The van der Waals surface area contributed by atoms with Gasteiger partial charge in [-0.25, -0.2) is 9.78 Å². The molecule has 140 valence electrons. The van der Waals surface area contributed by atoms with Crippen LogP contribution in [0.25, 0.3) is 21.9 Å². The maximum Gasteiger partial charge on any atom is 0.341 e. The summed E-state index contributed by atoms with van der Waals surface area (Å²) in [5, 5.41) is 1.19. The number of carbonyl (C=O) groups excluding carboxylic acids is 1. The van der Waals surface area contributed by atoms with Crippen molar-refractivity contribution in [2.24, 2.45) is 0 Å². The van der Waals surface area contributed by atoms with Gasteiger partial charge < -0.3 is 9.72 Å². The Kier molecular flexibility index (Phi) is 5.69. The van der Waals surface area contributed by atoms with Gasteiger partial charge in [-0.05, 0) is 44.0 Å². The Morgan fingerprint density at radius 2 is 2.07 bits per heavy atom. The van der Waals surface area contributed by atoms with Gasteiger partial charge in [0.15, 0.2) is 0 Å². The second-order valence-corrected chi connectivity index (χ2v) is 7.79. The van der Waals surface area contributed by atoms with Gasteiger partial charge in [0.05, 0.1) is 22.0 Å². The van der Waals surface area contributed by atoms with Crippen molar-refractivity contribution in [2.75, 3.05) is 6.61 Å². The SMILES string of the molecule is CCOC(=O)/C(=C\c1cccc(Cl)c1Cl)c1nc2sc(C)c(C)c2c(=O)[nH]1. The second kappa shape index (κ2) is 7.84. The molecule has 27 heavy (non-hydrogen) atoms. The molecule has 0 bridgehead atoms. The van der Waals surface area contributed by atoms with Crippen LogP contribution in [0, 0.1) is 13.8 Å². The summed E-state index contributed by atoms with van der Waals surface area (Å²) < 4.78 is 5.14. The molecule has 0 aliphatic heterocycles. The number of hydrogen-bond acceptors (Lipinski definition) is 5. The van der Waals surface area contributed by atoms with E-state index in [9.17, 15) is 9.59 Å². The van der Waals surface area contributed by atoms with Crippen LogP contribution in [0.15, 0.2) is 23.0 Å². The number of carbonyl (C=O) groups is 1. The van der Waals surface area contributed by atoms with Crippen LogP contribution >= 0.6 is 34.5 Å². The minimum Gasteiger partial charge on any atom is -0.462 e. The second-order valence-electron chi connectivity index (χ2n) is 5.80. The molecule has 0 saturated carbocycles. The number of nitrogens with zero attached hydrogens (tertiary/aromatic N) is 1. The molecule has 0 fully saturated rings. The van der Waals surface area contributed by atoms with Crippen molar-refractivity contribution >= 4 is 62.4 Å². The van der Waals surface area contributed by atoms with Crippen LogP contribution in [0.1, 0.15) is 28.8 Å². The van der Waals surface area contributed by atoms with Gasteiger partial charge in [-0.1, -0.05) is 35.3 Å². The number of fused-ring (bicyclic) bond motifs is 1. The Morgan fingerprint density at radius 3 is 2.78 bits per heavy atom. The fourth-order valence-electron chi connectivity index (χ4n) is 2.60. The van der Waals surface area contributed by atoms with Crippen LogP contribution in [0.5, 0.6) is 0 Å². The highest BCUT2D eigenvalue weighted by molar-refractivity contribution is 7.18. The van der Waals surface area contributed by atoms with Crippen molar-refractivity contribution in [3.8, 4) is 0 Å². The van der Waals surface area contributed by atoms with E-state index in [1.807, 2.05) is 13.8 Å². The zero-order valence-corrected chi connectivity index (χ0v) is 17.2. The molecule has 0 aliphatic carbocycles. The third-order valence-corrected chi connectivity index (χ3v) is 6.01. The van der Waals surface area contributed by atoms with Crippen LogP contribution < -0.4 is 5.56 Å². The van der Waals surface area contributed by atoms with Gasteiger partial charge in [0.2, 0.25) is 0 Å².